The molecule has 1 saturated carbocycles. The molecule has 0 radical (unpaired) electrons. The molecular weight excluding hydrogens is 377 g/mol. The fourth-order valence-corrected chi connectivity index (χ4v) is 6.16. The molecule has 0 aromatic heterocycles. The number of hydrogen-bond acceptors (Lipinski definition) is 3. The predicted molar refractivity (Wildman–Crippen MR) is 92.5 cm³/mol. The van der Waals surface area contributed by atoms with Crippen molar-refractivity contribution >= 4 is 28.6 Å². The van der Waals surface area contributed by atoms with Crippen LogP contribution in [0.1, 0.15) is 45.4 Å². The van der Waals surface area contributed by atoms with Crippen molar-refractivity contribution in [1.29, 1.82) is 0 Å². The maximum atomic E-state index is 12.4. The first-order valence-corrected chi connectivity index (χ1v) is 9.71. The van der Waals surface area contributed by atoms with Gasteiger partial charge < -0.3 is 4.74 Å². The lowest BCUT2D eigenvalue weighted by Crippen LogP contribution is -2.52. The van der Waals surface area contributed by atoms with Crippen LogP contribution >= 0.6 is 22.6 Å². The van der Waals surface area contributed by atoms with Crippen molar-refractivity contribution in [3.8, 4) is 0 Å². The number of esters is 1. The topological polar surface area (TPSA) is 29.5 Å². The van der Waals surface area contributed by atoms with Crippen LogP contribution in [0.3, 0.4) is 0 Å². The second-order valence-electron chi connectivity index (χ2n) is 7.48. The Kier molecular flexibility index (Phi) is 4.84. The average Bonchev–Trinajstić information content (AvgIpc) is 2.72. The van der Waals surface area contributed by atoms with Gasteiger partial charge in [0.15, 0.2) is 0 Å². The molecule has 120 valence electrons. The number of nitrogens with zero attached hydrogens (tertiary/aromatic N) is 1. The van der Waals surface area contributed by atoms with Gasteiger partial charge in [-0.3, -0.25) is 9.69 Å². The van der Waals surface area contributed by atoms with Gasteiger partial charge in [-0.2, -0.15) is 0 Å². The zero-order chi connectivity index (χ0) is 15.1. The van der Waals surface area contributed by atoms with Crippen molar-refractivity contribution in [2.24, 2.45) is 23.7 Å². The quantitative estimate of drug-likeness (QED) is 0.400. The fourth-order valence-electron chi connectivity index (χ4n) is 5.14. The van der Waals surface area contributed by atoms with Crippen molar-refractivity contribution in [2.75, 3.05) is 14.2 Å². The predicted octanol–water partition coefficient (Wildman–Crippen LogP) is 3.50. The molecule has 2 heterocycles. The zero-order valence-electron chi connectivity index (χ0n) is 13.4. The third kappa shape index (κ3) is 2.87. The Morgan fingerprint density at radius 2 is 1.95 bits per heavy atom. The third-order valence-electron chi connectivity index (χ3n) is 6.53. The molecular formula is C17H28INO2. The Balaban J connectivity index is 1.80. The summed E-state index contributed by atoms with van der Waals surface area (Å²) in [6.45, 7) is 2.38. The Hall–Kier alpha value is 0.160. The summed E-state index contributed by atoms with van der Waals surface area (Å²) < 4.78 is 5.97. The molecule has 7 atom stereocenters. The van der Waals surface area contributed by atoms with E-state index in [2.05, 4.69) is 41.5 Å². The van der Waals surface area contributed by atoms with Crippen molar-refractivity contribution in [1.82, 2.24) is 4.90 Å². The number of alkyl halides is 1. The van der Waals surface area contributed by atoms with Gasteiger partial charge in [0.25, 0.3) is 0 Å². The summed E-state index contributed by atoms with van der Waals surface area (Å²) in [7, 11) is 3.77. The van der Waals surface area contributed by atoms with Crippen LogP contribution in [-0.2, 0) is 9.53 Å². The number of halogens is 1. The van der Waals surface area contributed by atoms with E-state index in [1.165, 1.54) is 38.5 Å². The normalized spacial score (nSPS) is 47.3. The second-order valence-corrected chi connectivity index (χ2v) is 9.08. The lowest BCUT2D eigenvalue weighted by Gasteiger charge is -2.46. The number of methoxy groups -OCH3 is 1. The van der Waals surface area contributed by atoms with Gasteiger partial charge >= 0.3 is 5.97 Å². The Labute approximate surface area is 142 Å². The minimum atomic E-state index is 0.0424. The average molecular weight is 405 g/mol. The van der Waals surface area contributed by atoms with Crippen molar-refractivity contribution < 1.29 is 9.53 Å². The van der Waals surface area contributed by atoms with Crippen LogP contribution in [0.25, 0.3) is 0 Å². The van der Waals surface area contributed by atoms with Crippen LogP contribution in [0, 0.1) is 23.7 Å². The van der Waals surface area contributed by atoms with Crippen LogP contribution in [0.15, 0.2) is 0 Å². The van der Waals surface area contributed by atoms with E-state index in [9.17, 15) is 4.79 Å². The molecule has 5 unspecified atom stereocenters. The summed E-state index contributed by atoms with van der Waals surface area (Å²) >= 11 is 2.63. The van der Waals surface area contributed by atoms with E-state index in [4.69, 9.17) is 4.74 Å². The minimum Gasteiger partial charge on any atom is -0.469 e. The summed E-state index contributed by atoms with van der Waals surface area (Å²) in [5.74, 6) is 2.27. The van der Waals surface area contributed by atoms with E-state index in [1.54, 1.807) is 7.11 Å². The Bertz CT molecular complexity index is 402. The summed E-state index contributed by atoms with van der Waals surface area (Å²) in [6, 6.07) is 1.13. The van der Waals surface area contributed by atoms with Gasteiger partial charge in [-0.25, -0.2) is 0 Å². The molecule has 3 rings (SSSR count). The standard InChI is InChI=1S/C17H28INO2/c1-10-4-5-11(8-14(10)18)13-9-12-6-7-15(19(12)2)16(13)17(20)21-3/h10-16H,4-9H2,1-3H3/t10?,11?,12-,13-,14?,15?,16?/m1/s1. The number of piperidine rings is 1. The monoisotopic (exact) mass is 405 g/mol. The van der Waals surface area contributed by atoms with Crippen LogP contribution < -0.4 is 0 Å². The van der Waals surface area contributed by atoms with Crippen molar-refractivity contribution in [3.05, 3.63) is 0 Å². The SMILES string of the molecule is COC(=O)C1C2CC[C@H](C[C@@H]1C1CCC(C)C(I)C1)N2C. The highest BCUT2D eigenvalue weighted by molar-refractivity contribution is 14.1. The summed E-state index contributed by atoms with van der Waals surface area (Å²) in [6.07, 6.45) is 7.57. The number of carbonyl (C=O) groups excluding carboxylic acids is 1. The highest BCUT2D eigenvalue weighted by Crippen LogP contribution is 2.49. The highest BCUT2D eigenvalue weighted by atomic mass is 127. The maximum Gasteiger partial charge on any atom is 0.310 e. The molecule has 2 aliphatic heterocycles. The van der Waals surface area contributed by atoms with Crippen LogP contribution in [0.4, 0.5) is 0 Å². The smallest absolute Gasteiger partial charge is 0.310 e. The molecule has 3 fully saturated rings. The van der Waals surface area contributed by atoms with E-state index < -0.39 is 0 Å². The van der Waals surface area contributed by atoms with Gasteiger partial charge in [-0.15, -0.1) is 0 Å². The van der Waals surface area contributed by atoms with Gasteiger partial charge in [0.2, 0.25) is 0 Å². The highest BCUT2D eigenvalue weighted by Gasteiger charge is 2.51. The number of fused-ring (bicyclic) bond motifs is 2. The van der Waals surface area contributed by atoms with Crippen molar-refractivity contribution in [3.63, 3.8) is 0 Å². The van der Waals surface area contributed by atoms with Crippen LogP contribution in [0.2, 0.25) is 0 Å². The van der Waals surface area contributed by atoms with Crippen LogP contribution in [-0.4, -0.2) is 41.0 Å². The molecule has 2 bridgehead atoms. The van der Waals surface area contributed by atoms with Crippen LogP contribution in [0.5, 0.6) is 0 Å². The Morgan fingerprint density at radius 1 is 1.19 bits per heavy atom. The van der Waals surface area contributed by atoms with E-state index in [-0.39, 0.29) is 11.9 Å². The molecule has 3 aliphatic rings. The van der Waals surface area contributed by atoms with Gasteiger partial charge in [-0.1, -0.05) is 29.5 Å². The molecule has 0 aromatic rings. The number of rotatable bonds is 2. The fraction of sp³-hybridized carbons (Fsp3) is 0.941. The molecule has 0 spiro atoms. The first kappa shape index (κ1) is 16.0. The molecule has 0 amide bonds. The number of carbonyl (C=O) groups is 1. The molecule has 2 saturated heterocycles. The lowest BCUT2D eigenvalue weighted by molar-refractivity contribution is -0.154. The van der Waals surface area contributed by atoms with Crippen molar-refractivity contribution in [2.45, 2.75) is 61.5 Å². The molecule has 1 aliphatic carbocycles. The number of ether oxygens (including phenoxy) is 1. The van der Waals surface area contributed by atoms with Gasteiger partial charge in [0.05, 0.1) is 13.0 Å². The van der Waals surface area contributed by atoms with E-state index >= 15 is 0 Å². The Morgan fingerprint density at radius 3 is 2.62 bits per heavy atom. The van der Waals surface area contributed by atoms with Gasteiger partial charge in [0, 0.05) is 16.0 Å². The van der Waals surface area contributed by atoms with E-state index in [1.807, 2.05) is 0 Å². The van der Waals surface area contributed by atoms with E-state index in [0.717, 1.165) is 15.8 Å². The van der Waals surface area contributed by atoms with Gasteiger partial charge in [0.1, 0.15) is 0 Å². The summed E-state index contributed by atoms with van der Waals surface area (Å²) in [4.78, 5) is 14.9. The zero-order valence-corrected chi connectivity index (χ0v) is 15.6. The molecule has 3 nitrogen and oxygen atoms in total. The summed E-state index contributed by atoms with van der Waals surface area (Å²) in [5.41, 5.74) is 0. The second kappa shape index (κ2) is 6.34. The molecule has 4 heteroatoms. The molecule has 0 aromatic carbocycles. The van der Waals surface area contributed by atoms with E-state index in [0.29, 0.717) is 18.0 Å². The summed E-state index contributed by atoms with van der Waals surface area (Å²) in [5, 5.41) is 0. The minimum absolute atomic E-state index is 0.0424. The third-order valence-corrected chi connectivity index (χ3v) is 8.27. The van der Waals surface area contributed by atoms with Gasteiger partial charge in [-0.05, 0) is 63.3 Å². The maximum absolute atomic E-state index is 12.4. The number of hydrogen-bond donors (Lipinski definition) is 0. The first-order valence-electron chi connectivity index (χ1n) is 8.46. The molecule has 0 N–H and O–H groups in total. The largest absolute Gasteiger partial charge is 0.469 e. The lowest BCUT2D eigenvalue weighted by atomic mass is 9.67. The first-order chi connectivity index (χ1) is 10.0. The molecule has 21 heavy (non-hydrogen) atoms.